The van der Waals surface area contributed by atoms with Crippen molar-refractivity contribution < 1.29 is 8.42 Å². The van der Waals surface area contributed by atoms with E-state index in [4.69, 9.17) is 0 Å². The maximum absolute atomic E-state index is 12.4. The predicted octanol–water partition coefficient (Wildman–Crippen LogP) is 2.08. The lowest BCUT2D eigenvalue weighted by molar-refractivity contribution is 0.551. The Hall–Kier alpha value is -0.790. The maximum atomic E-state index is 12.4. The van der Waals surface area contributed by atoms with E-state index in [1.165, 1.54) is 12.8 Å². The summed E-state index contributed by atoms with van der Waals surface area (Å²) in [4.78, 5) is 4.25. The quantitative estimate of drug-likeness (QED) is 0.841. The molecule has 0 radical (unpaired) electrons. The van der Waals surface area contributed by atoms with Crippen molar-refractivity contribution in [3.63, 3.8) is 0 Å². The van der Waals surface area contributed by atoms with Crippen LogP contribution in [0, 0.1) is 0 Å². The molecule has 5 nitrogen and oxygen atoms in total. The van der Waals surface area contributed by atoms with Gasteiger partial charge in [-0.25, -0.2) is 18.1 Å². The van der Waals surface area contributed by atoms with Gasteiger partial charge in [-0.1, -0.05) is 12.8 Å². The van der Waals surface area contributed by atoms with Gasteiger partial charge in [0.15, 0.2) is 0 Å². The number of aromatic nitrogens is 1. The number of nitrogens with zero attached hydrogens (tertiary/aromatic N) is 1. The zero-order valence-corrected chi connectivity index (χ0v) is 13.5. The highest BCUT2D eigenvalue weighted by Crippen LogP contribution is 2.39. The zero-order valence-electron chi connectivity index (χ0n) is 11.8. The molecule has 0 aliphatic heterocycles. The second-order valence-corrected chi connectivity index (χ2v) is 8.03. The highest BCUT2D eigenvalue weighted by atomic mass is 32.2. The molecule has 1 aliphatic carbocycles. The summed E-state index contributed by atoms with van der Waals surface area (Å²) in [6.07, 6.45) is 8.13. The minimum Gasteiger partial charge on any atom is -0.372 e. The van der Waals surface area contributed by atoms with Crippen LogP contribution in [0.1, 0.15) is 25.7 Å². The Morgan fingerprint density at radius 2 is 2.10 bits per heavy atom. The molecule has 1 saturated carbocycles. The number of anilines is 1. The minimum atomic E-state index is -3.53. The van der Waals surface area contributed by atoms with E-state index in [1.54, 1.807) is 37.1 Å². The third-order valence-corrected chi connectivity index (χ3v) is 6.68. The molecular formula is C13H21N3O2S2. The molecule has 1 aliphatic rings. The van der Waals surface area contributed by atoms with Crippen LogP contribution >= 0.6 is 11.8 Å². The fraction of sp³-hybridized carbons (Fsp3) is 0.615. The monoisotopic (exact) mass is 315 g/mol. The topological polar surface area (TPSA) is 71.1 Å². The van der Waals surface area contributed by atoms with Crippen LogP contribution in [0.25, 0.3) is 0 Å². The Labute approximate surface area is 125 Å². The van der Waals surface area contributed by atoms with Crippen molar-refractivity contribution in [3.05, 3.63) is 18.3 Å². The number of nitrogens with one attached hydrogen (secondary N) is 2. The molecule has 20 heavy (non-hydrogen) atoms. The van der Waals surface area contributed by atoms with Gasteiger partial charge in [-0.2, -0.15) is 11.8 Å². The van der Waals surface area contributed by atoms with E-state index in [0.29, 0.717) is 12.4 Å². The van der Waals surface area contributed by atoms with Crippen LogP contribution in [0.15, 0.2) is 23.2 Å². The van der Waals surface area contributed by atoms with Gasteiger partial charge in [0.05, 0.1) is 0 Å². The molecule has 2 N–H and O–H groups in total. The Bertz CT molecular complexity index is 554. The van der Waals surface area contributed by atoms with Gasteiger partial charge in [-0.3, -0.25) is 0 Å². The van der Waals surface area contributed by atoms with Crippen molar-refractivity contribution in [2.75, 3.05) is 25.2 Å². The third-order valence-electron chi connectivity index (χ3n) is 3.83. The summed E-state index contributed by atoms with van der Waals surface area (Å²) in [5.41, 5.74) is 0. The SMILES string of the molecule is CNc1ncccc1S(=O)(=O)NCC1(SC)CCCC1. The van der Waals surface area contributed by atoms with Crippen molar-refractivity contribution in [2.45, 2.75) is 35.3 Å². The van der Waals surface area contributed by atoms with Crippen molar-refractivity contribution >= 4 is 27.6 Å². The molecule has 7 heteroatoms. The van der Waals surface area contributed by atoms with Gasteiger partial charge in [0.2, 0.25) is 10.0 Å². The Morgan fingerprint density at radius 3 is 2.70 bits per heavy atom. The molecule has 0 saturated heterocycles. The van der Waals surface area contributed by atoms with Crippen LogP contribution in [0.4, 0.5) is 5.82 Å². The van der Waals surface area contributed by atoms with Crippen molar-refractivity contribution in [2.24, 2.45) is 0 Å². The molecule has 1 aromatic heterocycles. The van der Waals surface area contributed by atoms with E-state index in [-0.39, 0.29) is 9.64 Å². The van der Waals surface area contributed by atoms with Crippen LogP contribution in [-0.4, -0.2) is 38.0 Å². The summed E-state index contributed by atoms with van der Waals surface area (Å²) in [5, 5.41) is 2.82. The number of hydrogen-bond acceptors (Lipinski definition) is 5. The lowest BCUT2D eigenvalue weighted by Gasteiger charge is -2.26. The normalized spacial score (nSPS) is 18.1. The standard InChI is InChI=1S/C13H21N3O2S2/c1-14-12-11(6-5-9-15-12)20(17,18)16-10-13(19-2)7-3-4-8-13/h5-6,9,16H,3-4,7-8,10H2,1-2H3,(H,14,15). The van der Waals surface area contributed by atoms with Gasteiger partial charge >= 0.3 is 0 Å². The van der Waals surface area contributed by atoms with Crippen LogP contribution in [0.2, 0.25) is 0 Å². The van der Waals surface area contributed by atoms with E-state index in [0.717, 1.165) is 12.8 Å². The van der Waals surface area contributed by atoms with Crippen molar-refractivity contribution in [1.82, 2.24) is 9.71 Å². The number of rotatable bonds is 6. The number of sulfonamides is 1. The minimum absolute atomic E-state index is 0.0507. The van der Waals surface area contributed by atoms with E-state index in [2.05, 4.69) is 21.3 Å². The number of thioether (sulfide) groups is 1. The highest BCUT2D eigenvalue weighted by molar-refractivity contribution is 8.00. The van der Waals surface area contributed by atoms with Gasteiger partial charge in [0.1, 0.15) is 10.7 Å². The molecule has 0 atom stereocenters. The first-order valence-corrected chi connectivity index (χ1v) is 9.41. The van der Waals surface area contributed by atoms with E-state index in [9.17, 15) is 8.42 Å². The molecule has 0 unspecified atom stereocenters. The Balaban J connectivity index is 2.15. The number of hydrogen-bond donors (Lipinski definition) is 2. The fourth-order valence-corrected chi connectivity index (χ4v) is 4.87. The molecule has 1 fully saturated rings. The summed E-state index contributed by atoms with van der Waals surface area (Å²) < 4.78 is 27.7. The predicted molar refractivity (Wildman–Crippen MR) is 83.7 cm³/mol. The van der Waals surface area contributed by atoms with Crippen LogP contribution < -0.4 is 10.0 Å². The van der Waals surface area contributed by atoms with Crippen LogP contribution in [-0.2, 0) is 10.0 Å². The fourth-order valence-electron chi connectivity index (χ4n) is 2.57. The lowest BCUT2D eigenvalue weighted by atomic mass is 10.1. The highest BCUT2D eigenvalue weighted by Gasteiger charge is 2.34. The summed E-state index contributed by atoms with van der Waals surface area (Å²) >= 11 is 1.77. The molecule has 1 heterocycles. The molecule has 0 bridgehead atoms. The summed E-state index contributed by atoms with van der Waals surface area (Å²) in [5.74, 6) is 0.379. The van der Waals surface area contributed by atoms with E-state index in [1.807, 2.05) is 0 Å². The number of pyridine rings is 1. The Morgan fingerprint density at radius 1 is 1.40 bits per heavy atom. The second kappa shape index (κ2) is 6.32. The van der Waals surface area contributed by atoms with Crippen LogP contribution in [0.3, 0.4) is 0 Å². The van der Waals surface area contributed by atoms with Gasteiger partial charge in [-0.15, -0.1) is 0 Å². The average Bonchev–Trinajstić information content (AvgIpc) is 2.95. The smallest absolute Gasteiger partial charge is 0.244 e. The first-order chi connectivity index (χ1) is 9.53. The second-order valence-electron chi connectivity index (χ2n) is 5.02. The van der Waals surface area contributed by atoms with Crippen molar-refractivity contribution in [3.8, 4) is 0 Å². The third kappa shape index (κ3) is 3.27. The first kappa shape index (κ1) is 15.6. The van der Waals surface area contributed by atoms with E-state index < -0.39 is 10.0 Å². The molecule has 112 valence electrons. The molecule has 0 aromatic carbocycles. The first-order valence-electron chi connectivity index (χ1n) is 6.71. The zero-order chi connectivity index (χ0) is 14.6. The summed E-state index contributed by atoms with van der Waals surface area (Å²) in [6, 6.07) is 3.21. The van der Waals surface area contributed by atoms with Gasteiger partial charge < -0.3 is 5.32 Å². The molecule has 0 amide bonds. The summed E-state index contributed by atoms with van der Waals surface area (Å²) in [7, 11) is -1.86. The molecular weight excluding hydrogens is 294 g/mol. The lowest BCUT2D eigenvalue weighted by Crippen LogP contribution is -2.38. The van der Waals surface area contributed by atoms with Gasteiger partial charge in [-0.05, 0) is 31.2 Å². The van der Waals surface area contributed by atoms with Crippen molar-refractivity contribution in [1.29, 1.82) is 0 Å². The molecule has 1 aromatic rings. The average molecular weight is 315 g/mol. The van der Waals surface area contributed by atoms with E-state index >= 15 is 0 Å². The van der Waals surface area contributed by atoms with Crippen LogP contribution in [0.5, 0.6) is 0 Å². The maximum Gasteiger partial charge on any atom is 0.244 e. The van der Waals surface area contributed by atoms with Gasteiger partial charge in [0.25, 0.3) is 0 Å². The summed E-state index contributed by atoms with van der Waals surface area (Å²) in [6.45, 7) is 0.481. The molecule has 0 spiro atoms. The molecule has 2 rings (SSSR count). The van der Waals surface area contributed by atoms with Gasteiger partial charge in [0, 0.05) is 24.5 Å². The Kier molecular flexibility index (Phi) is 4.93. The largest absolute Gasteiger partial charge is 0.372 e.